The van der Waals surface area contributed by atoms with Crippen molar-refractivity contribution in [3.05, 3.63) is 0 Å². The maximum Gasteiger partial charge on any atom is 0.0735 e. The average Bonchev–Trinajstić information content (AvgIpc) is 2.37. The Hall–Kier alpha value is -0.0800. The zero-order valence-corrected chi connectivity index (χ0v) is 12.0. The van der Waals surface area contributed by atoms with E-state index in [1.807, 2.05) is 7.11 Å². The average molecular weight is 252 g/mol. The van der Waals surface area contributed by atoms with Gasteiger partial charge in [-0.1, -0.05) is 0 Å². The summed E-state index contributed by atoms with van der Waals surface area (Å²) >= 11 is 0. The lowest BCUT2D eigenvalue weighted by molar-refractivity contribution is -0.194. The lowest BCUT2D eigenvalue weighted by Crippen LogP contribution is -2.58. The highest BCUT2D eigenvalue weighted by Crippen LogP contribution is 2.60. The second kappa shape index (κ2) is 5.13. The Balaban J connectivity index is 1.67. The fourth-order valence-electron chi connectivity index (χ4n) is 5.47. The summed E-state index contributed by atoms with van der Waals surface area (Å²) in [4.78, 5) is 0. The topological polar surface area (TPSA) is 18.5 Å². The van der Waals surface area contributed by atoms with Crippen LogP contribution >= 0.6 is 0 Å². The van der Waals surface area contributed by atoms with Crippen LogP contribution in [0.3, 0.4) is 0 Å². The molecule has 0 aromatic carbocycles. The van der Waals surface area contributed by atoms with Crippen LogP contribution in [0.25, 0.3) is 0 Å². The van der Waals surface area contributed by atoms with Crippen LogP contribution in [0, 0.1) is 23.7 Å². The van der Waals surface area contributed by atoms with Gasteiger partial charge in [0.05, 0.1) is 5.60 Å². The molecule has 0 radical (unpaired) electrons. The van der Waals surface area contributed by atoms with Crippen molar-refractivity contribution in [3.63, 3.8) is 0 Å². The molecule has 0 N–H and O–H groups in total. The molecule has 4 rings (SSSR count). The lowest BCUT2D eigenvalue weighted by atomic mass is 9.49. The minimum absolute atomic E-state index is 0.237. The maximum atomic E-state index is 6.15. The lowest BCUT2D eigenvalue weighted by Gasteiger charge is -2.60. The zero-order valence-electron chi connectivity index (χ0n) is 12.0. The fraction of sp³-hybridized carbons (Fsp3) is 1.00. The van der Waals surface area contributed by atoms with E-state index < -0.39 is 0 Å². The summed E-state index contributed by atoms with van der Waals surface area (Å²) in [5, 5.41) is 0. The number of rotatable bonds is 6. The van der Waals surface area contributed by atoms with Gasteiger partial charge in [0.2, 0.25) is 0 Å². The van der Waals surface area contributed by atoms with Gasteiger partial charge in [0.15, 0.2) is 0 Å². The molecule has 0 aromatic rings. The van der Waals surface area contributed by atoms with Gasteiger partial charge in [-0.05, 0) is 75.0 Å². The van der Waals surface area contributed by atoms with Crippen molar-refractivity contribution in [2.75, 3.05) is 20.8 Å². The molecular formula is C16H28O2. The predicted octanol–water partition coefficient (Wildman–Crippen LogP) is 3.64. The molecule has 2 nitrogen and oxygen atoms in total. The van der Waals surface area contributed by atoms with Gasteiger partial charge in [0, 0.05) is 20.8 Å². The molecule has 104 valence electrons. The van der Waals surface area contributed by atoms with Gasteiger partial charge in [-0.15, -0.1) is 0 Å². The summed E-state index contributed by atoms with van der Waals surface area (Å²) in [6, 6.07) is 0. The molecule has 0 atom stereocenters. The van der Waals surface area contributed by atoms with E-state index in [0.29, 0.717) is 0 Å². The van der Waals surface area contributed by atoms with Crippen LogP contribution in [-0.4, -0.2) is 26.4 Å². The smallest absolute Gasteiger partial charge is 0.0735 e. The molecule has 4 saturated carbocycles. The minimum atomic E-state index is 0.237. The molecule has 4 bridgehead atoms. The van der Waals surface area contributed by atoms with Crippen LogP contribution in [0.5, 0.6) is 0 Å². The largest absolute Gasteiger partial charge is 0.385 e. The molecule has 4 aliphatic carbocycles. The van der Waals surface area contributed by atoms with Crippen LogP contribution in [0.4, 0.5) is 0 Å². The van der Waals surface area contributed by atoms with Crippen molar-refractivity contribution in [1.29, 1.82) is 0 Å². The summed E-state index contributed by atoms with van der Waals surface area (Å²) in [5.41, 5.74) is 0.237. The van der Waals surface area contributed by atoms with E-state index in [1.54, 1.807) is 7.11 Å². The zero-order chi connectivity index (χ0) is 12.6. The van der Waals surface area contributed by atoms with Crippen LogP contribution < -0.4 is 0 Å². The first-order valence-corrected chi connectivity index (χ1v) is 7.82. The highest BCUT2D eigenvalue weighted by atomic mass is 16.5. The number of hydrogen-bond acceptors (Lipinski definition) is 2. The molecule has 0 spiro atoms. The molecule has 0 aromatic heterocycles. The van der Waals surface area contributed by atoms with E-state index >= 15 is 0 Å². The standard InChI is InChI=1S/C16H28O2/c1-17-6-4-3-5-16(18-2)14-8-12-7-13(10-14)11-15(16)9-12/h12-15H,3-11H2,1-2H3. The van der Waals surface area contributed by atoms with Crippen molar-refractivity contribution in [2.24, 2.45) is 23.7 Å². The van der Waals surface area contributed by atoms with E-state index in [-0.39, 0.29) is 5.60 Å². The highest BCUT2D eigenvalue weighted by Gasteiger charge is 2.56. The van der Waals surface area contributed by atoms with Crippen LogP contribution in [-0.2, 0) is 9.47 Å². The number of unbranched alkanes of at least 4 members (excludes halogenated alkanes) is 1. The summed E-state index contributed by atoms with van der Waals surface area (Å²) in [5.74, 6) is 3.80. The molecule has 18 heavy (non-hydrogen) atoms. The minimum Gasteiger partial charge on any atom is -0.385 e. The number of hydrogen-bond donors (Lipinski definition) is 0. The Morgan fingerprint density at radius 3 is 2.00 bits per heavy atom. The summed E-state index contributed by atoms with van der Waals surface area (Å²) in [6.45, 7) is 0.903. The van der Waals surface area contributed by atoms with Gasteiger partial charge < -0.3 is 9.47 Å². The summed E-state index contributed by atoms with van der Waals surface area (Å²) in [6.07, 6.45) is 11.0. The summed E-state index contributed by atoms with van der Waals surface area (Å²) < 4.78 is 11.3. The van der Waals surface area contributed by atoms with Crippen LogP contribution in [0.15, 0.2) is 0 Å². The molecule has 0 heterocycles. The monoisotopic (exact) mass is 252 g/mol. The second-order valence-electron chi connectivity index (χ2n) is 6.91. The first-order valence-electron chi connectivity index (χ1n) is 7.82. The SMILES string of the molecule is COCCCCC1(OC)C2CC3CC(C2)CC1C3. The van der Waals surface area contributed by atoms with Crippen LogP contribution in [0.2, 0.25) is 0 Å². The van der Waals surface area contributed by atoms with Crippen LogP contribution in [0.1, 0.15) is 51.4 Å². The Bertz CT molecular complexity index is 259. The Kier molecular flexibility index (Phi) is 3.68. The van der Waals surface area contributed by atoms with Crippen molar-refractivity contribution >= 4 is 0 Å². The van der Waals surface area contributed by atoms with E-state index in [0.717, 1.165) is 30.3 Å². The van der Waals surface area contributed by atoms with Crippen molar-refractivity contribution in [3.8, 4) is 0 Å². The van der Waals surface area contributed by atoms with Gasteiger partial charge in [-0.3, -0.25) is 0 Å². The van der Waals surface area contributed by atoms with E-state index in [4.69, 9.17) is 9.47 Å². The van der Waals surface area contributed by atoms with Crippen molar-refractivity contribution in [1.82, 2.24) is 0 Å². The molecular weight excluding hydrogens is 224 g/mol. The summed E-state index contributed by atoms with van der Waals surface area (Å²) in [7, 11) is 3.77. The molecule has 0 amide bonds. The van der Waals surface area contributed by atoms with E-state index in [2.05, 4.69) is 0 Å². The van der Waals surface area contributed by atoms with Crippen molar-refractivity contribution in [2.45, 2.75) is 57.0 Å². The molecule has 0 aliphatic heterocycles. The number of methoxy groups -OCH3 is 2. The van der Waals surface area contributed by atoms with E-state index in [9.17, 15) is 0 Å². The van der Waals surface area contributed by atoms with Gasteiger partial charge in [-0.2, -0.15) is 0 Å². The first-order chi connectivity index (χ1) is 8.78. The first kappa shape index (κ1) is 12.9. The molecule has 4 aliphatic rings. The fourth-order valence-corrected chi connectivity index (χ4v) is 5.47. The predicted molar refractivity (Wildman–Crippen MR) is 72.5 cm³/mol. The van der Waals surface area contributed by atoms with E-state index in [1.165, 1.54) is 51.4 Å². The second-order valence-corrected chi connectivity index (χ2v) is 6.91. The van der Waals surface area contributed by atoms with Gasteiger partial charge in [0.1, 0.15) is 0 Å². The Morgan fingerprint density at radius 1 is 0.889 bits per heavy atom. The van der Waals surface area contributed by atoms with Crippen molar-refractivity contribution < 1.29 is 9.47 Å². The van der Waals surface area contributed by atoms with Gasteiger partial charge >= 0.3 is 0 Å². The third-order valence-electron chi connectivity index (χ3n) is 6.07. The highest BCUT2D eigenvalue weighted by molar-refractivity contribution is 5.07. The van der Waals surface area contributed by atoms with Gasteiger partial charge in [0.25, 0.3) is 0 Å². The molecule has 2 heteroatoms. The molecule has 0 unspecified atom stereocenters. The molecule has 0 saturated heterocycles. The van der Waals surface area contributed by atoms with Gasteiger partial charge in [-0.25, -0.2) is 0 Å². The Morgan fingerprint density at radius 2 is 1.50 bits per heavy atom. The quantitative estimate of drug-likeness (QED) is 0.672. The third kappa shape index (κ3) is 2.02. The Labute approximate surface area is 111 Å². The molecule has 4 fully saturated rings. The maximum absolute atomic E-state index is 6.15. The number of ether oxygens (including phenoxy) is 2. The third-order valence-corrected chi connectivity index (χ3v) is 6.07. The normalized spacial score (nSPS) is 45.7.